The van der Waals surface area contributed by atoms with Crippen molar-refractivity contribution in [3.05, 3.63) is 30.3 Å². The number of cyclic esters (lactones) is 1. The first-order valence-electron chi connectivity index (χ1n) is 8.58. The van der Waals surface area contributed by atoms with Crippen LogP contribution in [0.3, 0.4) is 0 Å². The van der Waals surface area contributed by atoms with Crippen molar-refractivity contribution in [3.8, 4) is 0 Å². The minimum absolute atomic E-state index is 0.0304. The van der Waals surface area contributed by atoms with Gasteiger partial charge in [0.2, 0.25) is 0 Å². The zero-order valence-electron chi connectivity index (χ0n) is 14.4. The van der Waals surface area contributed by atoms with Gasteiger partial charge in [-0.1, -0.05) is 38.5 Å². The van der Waals surface area contributed by atoms with Crippen molar-refractivity contribution in [2.45, 2.75) is 64.5 Å². The van der Waals surface area contributed by atoms with Crippen LogP contribution in [0.5, 0.6) is 0 Å². The van der Waals surface area contributed by atoms with Crippen molar-refractivity contribution in [2.75, 3.05) is 11.4 Å². The normalized spacial score (nSPS) is 24.4. The molecule has 0 saturated carbocycles. The van der Waals surface area contributed by atoms with Crippen LogP contribution in [-0.4, -0.2) is 29.9 Å². The van der Waals surface area contributed by atoms with E-state index in [1.165, 1.54) is 0 Å². The fraction of sp³-hybridized carbons (Fsp3) is 0.579. The van der Waals surface area contributed by atoms with E-state index in [9.17, 15) is 9.59 Å². The van der Waals surface area contributed by atoms with Gasteiger partial charge in [-0.2, -0.15) is 0 Å². The van der Waals surface area contributed by atoms with Crippen molar-refractivity contribution in [1.82, 2.24) is 0 Å². The number of hydrogen-bond donors (Lipinski definition) is 0. The Kier molecular flexibility index (Phi) is 5.80. The van der Waals surface area contributed by atoms with Crippen molar-refractivity contribution < 1.29 is 14.3 Å². The standard InChI is InChI=1S/C19H27NO3/c1-4-6-12-19(3)14-16(21)17(18(22)23-19)20(13-5-2)15-10-8-7-9-11-15/h7-11,17H,4-6,12-14H2,1-3H3. The van der Waals surface area contributed by atoms with Gasteiger partial charge in [-0.05, 0) is 38.3 Å². The molecule has 2 unspecified atom stereocenters. The van der Waals surface area contributed by atoms with Gasteiger partial charge in [0.05, 0.1) is 0 Å². The first-order valence-corrected chi connectivity index (χ1v) is 8.58. The monoisotopic (exact) mass is 317 g/mol. The lowest BCUT2D eigenvalue weighted by Gasteiger charge is -2.40. The van der Waals surface area contributed by atoms with Gasteiger partial charge in [-0.15, -0.1) is 0 Å². The SMILES string of the molecule is CCCCC1(C)CC(=O)C(N(CCC)c2ccccc2)C(=O)O1. The number of rotatable bonds is 7. The van der Waals surface area contributed by atoms with Crippen molar-refractivity contribution in [3.63, 3.8) is 0 Å². The van der Waals surface area contributed by atoms with Gasteiger partial charge in [-0.25, -0.2) is 4.79 Å². The van der Waals surface area contributed by atoms with Crippen molar-refractivity contribution in [1.29, 1.82) is 0 Å². The first kappa shape index (κ1) is 17.5. The molecule has 1 fully saturated rings. The van der Waals surface area contributed by atoms with E-state index in [0.717, 1.165) is 31.4 Å². The smallest absolute Gasteiger partial charge is 0.337 e. The molecule has 0 radical (unpaired) electrons. The summed E-state index contributed by atoms with van der Waals surface area (Å²) < 4.78 is 5.71. The quantitative estimate of drug-likeness (QED) is 0.568. The highest BCUT2D eigenvalue weighted by Crippen LogP contribution is 2.32. The molecule has 1 saturated heterocycles. The molecule has 4 heteroatoms. The number of ketones is 1. The zero-order chi connectivity index (χ0) is 16.9. The summed E-state index contributed by atoms with van der Waals surface area (Å²) in [4.78, 5) is 27.2. The van der Waals surface area contributed by atoms with E-state index in [0.29, 0.717) is 13.0 Å². The number of unbranched alkanes of at least 4 members (excludes halogenated alkanes) is 1. The molecule has 0 aromatic heterocycles. The Morgan fingerprint density at radius 3 is 2.43 bits per heavy atom. The highest BCUT2D eigenvalue weighted by atomic mass is 16.6. The highest BCUT2D eigenvalue weighted by molar-refractivity contribution is 6.08. The number of ether oxygens (including phenoxy) is 1. The maximum absolute atomic E-state index is 12.7. The Labute approximate surface area is 138 Å². The average Bonchev–Trinajstić information content (AvgIpc) is 2.52. The summed E-state index contributed by atoms with van der Waals surface area (Å²) in [5.74, 6) is -0.436. The molecule has 0 bridgehead atoms. The van der Waals surface area contributed by atoms with Crippen LogP contribution in [0.1, 0.15) is 52.9 Å². The molecule has 23 heavy (non-hydrogen) atoms. The summed E-state index contributed by atoms with van der Waals surface area (Å²) in [6.07, 6.45) is 3.89. The molecule has 0 amide bonds. The van der Waals surface area contributed by atoms with Gasteiger partial charge < -0.3 is 9.64 Å². The Bertz CT molecular complexity index is 523. The lowest BCUT2D eigenvalue weighted by atomic mass is 9.87. The number of nitrogens with zero attached hydrogens (tertiary/aromatic N) is 1. The van der Waals surface area contributed by atoms with E-state index in [2.05, 4.69) is 6.92 Å². The third kappa shape index (κ3) is 4.12. The van der Waals surface area contributed by atoms with Gasteiger partial charge >= 0.3 is 5.97 Å². The molecule has 1 heterocycles. The number of anilines is 1. The number of carbonyl (C=O) groups is 2. The summed E-state index contributed by atoms with van der Waals surface area (Å²) >= 11 is 0. The molecular formula is C19H27NO3. The summed E-state index contributed by atoms with van der Waals surface area (Å²) in [5, 5.41) is 0. The van der Waals surface area contributed by atoms with E-state index in [1.54, 1.807) is 0 Å². The number of para-hydroxylation sites is 1. The molecule has 1 aliphatic rings. The van der Waals surface area contributed by atoms with E-state index < -0.39 is 17.6 Å². The third-order valence-electron chi connectivity index (χ3n) is 4.35. The van der Waals surface area contributed by atoms with Crippen LogP contribution >= 0.6 is 0 Å². The molecule has 1 aliphatic heterocycles. The van der Waals surface area contributed by atoms with Crippen LogP contribution in [0, 0.1) is 0 Å². The van der Waals surface area contributed by atoms with Crippen molar-refractivity contribution in [2.24, 2.45) is 0 Å². The van der Waals surface area contributed by atoms with Gasteiger partial charge in [0.1, 0.15) is 5.60 Å². The van der Waals surface area contributed by atoms with E-state index in [-0.39, 0.29) is 5.78 Å². The second-order valence-electron chi connectivity index (χ2n) is 6.55. The topological polar surface area (TPSA) is 46.6 Å². The lowest BCUT2D eigenvalue weighted by Crippen LogP contribution is -2.56. The molecule has 1 aromatic carbocycles. The summed E-state index contributed by atoms with van der Waals surface area (Å²) in [7, 11) is 0. The number of Topliss-reactive ketones (excluding diaryl/α,β-unsaturated/α-hetero) is 1. The number of carbonyl (C=O) groups excluding carboxylic acids is 2. The Morgan fingerprint density at radius 2 is 1.87 bits per heavy atom. The van der Waals surface area contributed by atoms with Crippen LogP contribution in [-0.2, 0) is 14.3 Å². The zero-order valence-corrected chi connectivity index (χ0v) is 14.4. The molecular weight excluding hydrogens is 290 g/mol. The molecule has 2 rings (SSSR count). The molecule has 0 N–H and O–H groups in total. The largest absolute Gasteiger partial charge is 0.457 e. The Morgan fingerprint density at radius 1 is 1.17 bits per heavy atom. The third-order valence-corrected chi connectivity index (χ3v) is 4.35. The lowest BCUT2D eigenvalue weighted by molar-refractivity contribution is -0.171. The maximum Gasteiger partial charge on any atom is 0.337 e. The fourth-order valence-corrected chi connectivity index (χ4v) is 3.19. The summed E-state index contributed by atoms with van der Waals surface area (Å²) in [6, 6.07) is 8.81. The molecule has 1 aromatic rings. The van der Waals surface area contributed by atoms with E-state index in [4.69, 9.17) is 4.74 Å². The Hall–Kier alpha value is -1.84. The van der Waals surface area contributed by atoms with Crippen LogP contribution in [0.25, 0.3) is 0 Å². The Balaban J connectivity index is 2.21. The second kappa shape index (κ2) is 7.62. The number of benzene rings is 1. The number of esters is 1. The van der Waals surface area contributed by atoms with Crippen LogP contribution in [0.2, 0.25) is 0 Å². The molecule has 0 spiro atoms. The average molecular weight is 317 g/mol. The molecule has 4 nitrogen and oxygen atoms in total. The minimum atomic E-state index is -0.813. The van der Waals surface area contributed by atoms with Gasteiger partial charge in [0.15, 0.2) is 11.8 Å². The molecule has 0 aliphatic carbocycles. The fourth-order valence-electron chi connectivity index (χ4n) is 3.19. The van der Waals surface area contributed by atoms with Gasteiger partial charge in [0.25, 0.3) is 0 Å². The van der Waals surface area contributed by atoms with Crippen LogP contribution in [0.15, 0.2) is 30.3 Å². The predicted molar refractivity (Wildman–Crippen MR) is 91.5 cm³/mol. The van der Waals surface area contributed by atoms with Gasteiger partial charge in [0, 0.05) is 18.7 Å². The maximum atomic E-state index is 12.7. The van der Waals surface area contributed by atoms with Gasteiger partial charge in [-0.3, -0.25) is 4.79 Å². The highest BCUT2D eigenvalue weighted by Gasteiger charge is 2.46. The minimum Gasteiger partial charge on any atom is -0.457 e. The summed E-state index contributed by atoms with van der Waals surface area (Å²) in [5.41, 5.74) is 0.247. The first-order chi connectivity index (χ1) is 11.0. The van der Waals surface area contributed by atoms with Crippen molar-refractivity contribution >= 4 is 17.4 Å². The second-order valence-corrected chi connectivity index (χ2v) is 6.55. The predicted octanol–water partition coefficient (Wildman–Crippen LogP) is 3.74. The molecule has 126 valence electrons. The van der Waals surface area contributed by atoms with E-state index >= 15 is 0 Å². The van der Waals surface area contributed by atoms with Crippen LogP contribution < -0.4 is 4.90 Å². The summed E-state index contributed by atoms with van der Waals surface area (Å²) in [6.45, 7) is 6.67. The number of hydrogen-bond acceptors (Lipinski definition) is 4. The molecule has 2 atom stereocenters. The van der Waals surface area contributed by atoms with Crippen LogP contribution in [0.4, 0.5) is 5.69 Å². The van der Waals surface area contributed by atoms with E-state index in [1.807, 2.05) is 49.1 Å².